The highest BCUT2D eigenvalue weighted by Gasteiger charge is 2.39. The van der Waals surface area contributed by atoms with Crippen molar-refractivity contribution in [2.24, 2.45) is 11.5 Å². The van der Waals surface area contributed by atoms with Gasteiger partial charge in [-0.2, -0.15) is 0 Å². The normalized spacial score (nSPS) is 19.8. The van der Waals surface area contributed by atoms with Crippen molar-refractivity contribution in [1.82, 2.24) is 15.2 Å². The van der Waals surface area contributed by atoms with Gasteiger partial charge in [-0.25, -0.2) is 0 Å². The number of fused-ring (bicyclic) bond motifs is 1. The molecule has 0 bridgehead atoms. The molecule has 2 heterocycles. The zero-order valence-corrected chi connectivity index (χ0v) is 18.4. The molecule has 0 unspecified atom stereocenters. The number of phenols is 1. The Balaban J connectivity index is 1.84. The summed E-state index contributed by atoms with van der Waals surface area (Å²) in [7, 11) is 2.00. The molecule has 0 radical (unpaired) electrons. The molecular formula is C23H33N5O2. The number of aromatic hydroxyl groups is 2. The molecule has 0 saturated carbocycles. The van der Waals surface area contributed by atoms with Crippen molar-refractivity contribution in [2.45, 2.75) is 57.7 Å². The standard InChI is InChI=1S/C23H33N5O2/c1-22(2)11-15(12-23(3,4)27-22)28(5)21(25)7-6-18(24)17-9-14-8-16(29)13-26-19(14)10-20(17)30/h6-10,13,15,27,29-30H,11-12,24-25H2,1-5H3/b18-6-,21-7+. The molecule has 1 saturated heterocycles. The largest absolute Gasteiger partial charge is 0.507 e. The van der Waals surface area contributed by atoms with E-state index in [4.69, 9.17) is 11.5 Å². The minimum absolute atomic E-state index is 0.0201. The topological polar surface area (TPSA) is 121 Å². The van der Waals surface area contributed by atoms with E-state index in [9.17, 15) is 10.2 Å². The molecule has 0 atom stereocenters. The first kappa shape index (κ1) is 21.8. The summed E-state index contributed by atoms with van der Waals surface area (Å²) in [4.78, 5) is 6.19. The van der Waals surface area contributed by atoms with E-state index in [0.717, 1.165) is 12.8 Å². The number of aromatic nitrogens is 1. The van der Waals surface area contributed by atoms with Gasteiger partial charge in [0.25, 0.3) is 0 Å². The molecule has 162 valence electrons. The maximum Gasteiger partial charge on any atom is 0.134 e. The lowest BCUT2D eigenvalue weighted by molar-refractivity contribution is 0.0981. The van der Waals surface area contributed by atoms with Crippen molar-refractivity contribution < 1.29 is 10.2 Å². The van der Waals surface area contributed by atoms with Gasteiger partial charge in [0.2, 0.25) is 0 Å². The highest BCUT2D eigenvalue weighted by Crippen LogP contribution is 2.32. The third-order valence-corrected chi connectivity index (χ3v) is 5.65. The first-order valence-corrected chi connectivity index (χ1v) is 10.1. The Morgan fingerprint density at radius 2 is 1.73 bits per heavy atom. The molecule has 0 amide bonds. The molecule has 7 N–H and O–H groups in total. The molecule has 3 rings (SSSR count). The fraction of sp³-hybridized carbons (Fsp3) is 0.435. The quantitative estimate of drug-likeness (QED) is 0.490. The van der Waals surface area contributed by atoms with E-state index < -0.39 is 0 Å². The van der Waals surface area contributed by atoms with Gasteiger partial charge in [0, 0.05) is 46.9 Å². The smallest absolute Gasteiger partial charge is 0.134 e. The average molecular weight is 412 g/mol. The predicted molar refractivity (Wildman–Crippen MR) is 122 cm³/mol. The second-order valence-electron chi connectivity index (χ2n) is 9.53. The number of pyridine rings is 1. The molecule has 2 aromatic rings. The minimum atomic E-state index is 0.0201. The molecule has 30 heavy (non-hydrogen) atoms. The molecule has 1 aliphatic heterocycles. The van der Waals surface area contributed by atoms with Gasteiger partial charge in [-0.3, -0.25) is 4.98 Å². The fourth-order valence-electron chi connectivity index (χ4n) is 4.52. The van der Waals surface area contributed by atoms with Crippen LogP contribution in [-0.4, -0.2) is 44.3 Å². The Morgan fingerprint density at radius 1 is 1.10 bits per heavy atom. The lowest BCUT2D eigenvalue weighted by Crippen LogP contribution is -2.61. The molecule has 1 aliphatic rings. The summed E-state index contributed by atoms with van der Waals surface area (Å²) in [6, 6.07) is 5.11. The van der Waals surface area contributed by atoms with Gasteiger partial charge in [0.15, 0.2) is 0 Å². The van der Waals surface area contributed by atoms with Crippen molar-refractivity contribution in [3.8, 4) is 11.5 Å². The van der Waals surface area contributed by atoms with Gasteiger partial charge in [-0.1, -0.05) is 0 Å². The van der Waals surface area contributed by atoms with Crippen LogP contribution in [0.25, 0.3) is 16.6 Å². The van der Waals surface area contributed by atoms with Gasteiger partial charge in [0.1, 0.15) is 11.5 Å². The predicted octanol–water partition coefficient (Wildman–Crippen LogP) is 2.99. The van der Waals surface area contributed by atoms with Crippen LogP contribution < -0.4 is 16.8 Å². The summed E-state index contributed by atoms with van der Waals surface area (Å²) >= 11 is 0. The average Bonchev–Trinajstić information content (AvgIpc) is 2.62. The van der Waals surface area contributed by atoms with Gasteiger partial charge >= 0.3 is 0 Å². The number of nitrogens with two attached hydrogens (primary N) is 2. The second-order valence-corrected chi connectivity index (χ2v) is 9.53. The van der Waals surface area contributed by atoms with Crippen LogP contribution in [0.4, 0.5) is 0 Å². The lowest BCUT2D eigenvalue weighted by atomic mass is 9.79. The van der Waals surface area contributed by atoms with Crippen LogP contribution in [0.15, 0.2) is 42.4 Å². The molecule has 7 nitrogen and oxygen atoms in total. The molecule has 1 fully saturated rings. The molecule has 7 heteroatoms. The SMILES string of the molecule is CN(/C(N)=C/C=C(\N)c1cc2cc(O)cnc2cc1O)C1CC(C)(C)NC(C)(C)C1. The van der Waals surface area contributed by atoms with Crippen LogP contribution in [0.5, 0.6) is 11.5 Å². The lowest BCUT2D eigenvalue weighted by Gasteiger charge is -2.49. The van der Waals surface area contributed by atoms with Crippen molar-refractivity contribution in [1.29, 1.82) is 0 Å². The summed E-state index contributed by atoms with van der Waals surface area (Å²) in [5.41, 5.74) is 14.0. The number of rotatable bonds is 4. The first-order chi connectivity index (χ1) is 13.9. The Morgan fingerprint density at radius 3 is 2.37 bits per heavy atom. The maximum atomic E-state index is 10.3. The third-order valence-electron chi connectivity index (χ3n) is 5.65. The van der Waals surface area contributed by atoms with E-state index in [0.29, 0.717) is 34.0 Å². The first-order valence-electron chi connectivity index (χ1n) is 10.1. The van der Waals surface area contributed by atoms with E-state index in [-0.39, 0.29) is 22.6 Å². The zero-order chi connectivity index (χ0) is 22.3. The van der Waals surface area contributed by atoms with Crippen LogP contribution in [0.3, 0.4) is 0 Å². The second kappa shape index (κ2) is 7.72. The van der Waals surface area contributed by atoms with Crippen molar-refractivity contribution in [3.05, 3.63) is 47.9 Å². The number of nitrogens with zero attached hydrogens (tertiary/aromatic N) is 2. The van der Waals surface area contributed by atoms with E-state index in [2.05, 4.69) is 42.9 Å². The summed E-state index contributed by atoms with van der Waals surface area (Å²) < 4.78 is 0. The van der Waals surface area contributed by atoms with Crippen LogP contribution in [0.2, 0.25) is 0 Å². The summed E-state index contributed by atoms with van der Waals surface area (Å²) in [5, 5.41) is 24.4. The maximum absolute atomic E-state index is 10.3. The van der Waals surface area contributed by atoms with E-state index in [1.165, 1.54) is 12.3 Å². The Bertz CT molecular complexity index is 994. The monoisotopic (exact) mass is 411 g/mol. The molecule has 1 aromatic heterocycles. The van der Waals surface area contributed by atoms with E-state index in [1.54, 1.807) is 24.3 Å². The number of hydrogen-bond acceptors (Lipinski definition) is 7. The number of benzene rings is 1. The van der Waals surface area contributed by atoms with E-state index in [1.807, 2.05) is 7.05 Å². The summed E-state index contributed by atoms with van der Waals surface area (Å²) in [6.07, 6.45) is 6.75. The number of nitrogens with one attached hydrogen (secondary N) is 1. The number of phenolic OH excluding ortho intramolecular Hbond substituents is 1. The van der Waals surface area contributed by atoms with Gasteiger partial charge in [-0.05, 0) is 64.8 Å². The number of allylic oxidation sites excluding steroid dienone is 2. The molecular weight excluding hydrogens is 378 g/mol. The highest BCUT2D eigenvalue weighted by atomic mass is 16.3. The van der Waals surface area contributed by atoms with Gasteiger partial charge in [-0.15, -0.1) is 0 Å². The third kappa shape index (κ3) is 4.79. The molecule has 1 aromatic carbocycles. The Labute approximate surface area is 178 Å². The van der Waals surface area contributed by atoms with Crippen LogP contribution in [0.1, 0.15) is 46.1 Å². The van der Waals surface area contributed by atoms with E-state index >= 15 is 0 Å². The van der Waals surface area contributed by atoms with Crippen LogP contribution >= 0.6 is 0 Å². The number of hydrogen-bond donors (Lipinski definition) is 5. The Kier molecular flexibility index (Phi) is 5.60. The van der Waals surface area contributed by atoms with Crippen molar-refractivity contribution in [2.75, 3.05) is 7.05 Å². The summed E-state index contributed by atoms with van der Waals surface area (Å²) in [6.45, 7) is 8.84. The van der Waals surface area contributed by atoms with Crippen LogP contribution in [0, 0.1) is 0 Å². The Hall–Kier alpha value is -2.93. The molecule has 0 aliphatic carbocycles. The minimum Gasteiger partial charge on any atom is -0.507 e. The fourth-order valence-corrected chi connectivity index (χ4v) is 4.52. The van der Waals surface area contributed by atoms with Gasteiger partial charge < -0.3 is 31.9 Å². The van der Waals surface area contributed by atoms with Crippen molar-refractivity contribution >= 4 is 16.6 Å². The highest BCUT2D eigenvalue weighted by molar-refractivity contribution is 5.86. The van der Waals surface area contributed by atoms with Crippen LogP contribution in [-0.2, 0) is 0 Å². The van der Waals surface area contributed by atoms with Gasteiger partial charge in [0.05, 0.1) is 17.5 Å². The zero-order valence-electron chi connectivity index (χ0n) is 18.4. The van der Waals surface area contributed by atoms with Crippen molar-refractivity contribution in [3.63, 3.8) is 0 Å². The summed E-state index contributed by atoms with van der Waals surface area (Å²) in [5.74, 6) is 0.688. The number of piperidine rings is 1. The molecule has 0 spiro atoms.